The lowest BCUT2D eigenvalue weighted by molar-refractivity contribution is 0.102. The summed E-state index contributed by atoms with van der Waals surface area (Å²) in [6.07, 6.45) is 5.07. The van der Waals surface area contributed by atoms with Crippen LogP contribution in [0.5, 0.6) is 5.75 Å². The summed E-state index contributed by atoms with van der Waals surface area (Å²) in [6, 6.07) is 15.2. The van der Waals surface area contributed by atoms with Crippen LogP contribution in [0.25, 0.3) is 0 Å². The Bertz CT molecular complexity index is 1190. The molecule has 7 nitrogen and oxygen atoms in total. The van der Waals surface area contributed by atoms with Crippen LogP contribution in [0.1, 0.15) is 27.2 Å². The molecule has 2 aromatic carbocycles. The van der Waals surface area contributed by atoms with Crippen molar-refractivity contribution in [3.05, 3.63) is 94.5 Å². The number of aromatic nitrogens is 4. The van der Waals surface area contributed by atoms with Crippen molar-refractivity contribution in [1.82, 2.24) is 19.6 Å². The second kappa shape index (κ2) is 9.06. The number of carbonyl (C=O) groups is 1. The van der Waals surface area contributed by atoms with E-state index in [4.69, 9.17) is 16.3 Å². The smallest absolute Gasteiger partial charge is 0.276 e. The molecule has 0 atom stereocenters. The van der Waals surface area contributed by atoms with E-state index in [-0.39, 0.29) is 12.6 Å². The highest BCUT2D eigenvalue weighted by atomic mass is 35.5. The Labute approximate surface area is 185 Å². The first-order valence-corrected chi connectivity index (χ1v) is 10.2. The van der Waals surface area contributed by atoms with Gasteiger partial charge in [-0.15, -0.1) is 0 Å². The first-order chi connectivity index (χ1) is 14.9. The SMILES string of the molecule is Cc1cc(C)cc(OCn2ccc(C(=O)Nc3cnn(Cc4cccc(Cl)c4)c3)n2)c1. The van der Waals surface area contributed by atoms with Crippen molar-refractivity contribution in [2.45, 2.75) is 27.1 Å². The van der Waals surface area contributed by atoms with E-state index >= 15 is 0 Å². The van der Waals surface area contributed by atoms with Crippen molar-refractivity contribution >= 4 is 23.2 Å². The van der Waals surface area contributed by atoms with E-state index in [2.05, 4.69) is 21.6 Å². The summed E-state index contributed by atoms with van der Waals surface area (Å²) in [7, 11) is 0. The predicted molar refractivity (Wildman–Crippen MR) is 120 cm³/mol. The first-order valence-electron chi connectivity index (χ1n) is 9.77. The van der Waals surface area contributed by atoms with Gasteiger partial charge in [0.05, 0.1) is 18.4 Å². The van der Waals surface area contributed by atoms with E-state index < -0.39 is 0 Å². The molecule has 4 rings (SSSR count). The van der Waals surface area contributed by atoms with Crippen LogP contribution < -0.4 is 10.1 Å². The third-order valence-electron chi connectivity index (χ3n) is 4.56. The van der Waals surface area contributed by atoms with Gasteiger partial charge in [0.25, 0.3) is 5.91 Å². The van der Waals surface area contributed by atoms with E-state index in [1.54, 1.807) is 34.0 Å². The third-order valence-corrected chi connectivity index (χ3v) is 4.79. The number of amides is 1. The number of nitrogens with one attached hydrogen (secondary N) is 1. The number of benzene rings is 2. The molecule has 8 heteroatoms. The number of rotatable bonds is 7. The van der Waals surface area contributed by atoms with Gasteiger partial charge < -0.3 is 10.1 Å². The average molecular weight is 436 g/mol. The summed E-state index contributed by atoms with van der Waals surface area (Å²) < 4.78 is 9.09. The lowest BCUT2D eigenvalue weighted by atomic mass is 10.1. The Morgan fingerprint density at radius 3 is 2.68 bits per heavy atom. The number of hydrogen-bond acceptors (Lipinski definition) is 4. The number of nitrogens with zero attached hydrogens (tertiary/aromatic N) is 4. The quantitative estimate of drug-likeness (QED) is 0.457. The minimum absolute atomic E-state index is 0.216. The fraction of sp³-hybridized carbons (Fsp3) is 0.174. The Morgan fingerprint density at radius 2 is 1.90 bits per heavy atom. The first kappa shape index (κ1) is 20.7. The summed E-state index contributed by atoms with van der Waals surface area (Å²) >= 11 is 6.02. The van der Waals surface area contributed by atoms with E-state index in [9.17, 15) is 4.79 Å². The standard InChI is InChI=1S/C23H22ClN5O2/c1-16-8-17(2)10-21(9-16)31-15-28-7-6-22(27-28)23(30)26-20-12-25-29(14-20)13-18-4-3-5-19(24)11-18/h3-12,14H,13,15H2,1-2H3,(H,26,30). The largest absolute Gasteiger partial charge is 0.471 e. The van der Waals surface area contributed by atoms with Gasteiger partial charge >= 0.3 is 0 Å². The molecular weight excluding hydrogens is 414 g/mol. The van der Waals surface area contributed by atoms with Crippen LogP contribution in [0.15, 0.2) is 67.1 Å². The molecule has 0 bridgehead atoms. The van der Waals surface area contributed by atoms with E-state index in [1.165, 1.54) is 0 Å². The number of aryl methyl sites for hydroxylation is 2. The van der Waals surface area contributed by atoms with Crippen LogP contribution >= 0.6 is 11.6 Å². The summed E-state index contributed by atoms with van der Waals surface area (Å²) in [4.78, 5) is 12.5. The zero-order valence-electron chi connectivity index (χ0n) is 17.2. The van der Waals surface area contributed by atoms with Crippen LogP contribution in [-0.2, 0) is 13.3 Å². The molecule has 0 aliphatic heterocycles. The molecule has 0 radical (unpaired) electrons. The van der Waals surface area contributed by atoms with E-state index in [1.807, 2.05) is 50.2 Å². The Balaban J connectivity index is 1.34. The molecule has 1 amide bonds. The summed E-state index contributed by atoms with van der Waals surface area (Å²) in [5.41, 5.74) is 4.17. The Kier molecular flexibility index (Phi) is 6.04. The van der Waals surface area contributed by atoms with Gasteiger partial charge in [-0.2, -0.15) is 10.2 Å². The fourth-order valence-corrected chi connectivity index (χ4v) is 3.46. The zero-order valence-corrected chi connectivity index (χ0v) is 18.0. The molecule has 0 aliphatic rings. The van der Waals surface area contributed by atoms with Crippen molar-refractivity contribution in [1.29, 1.82) is 0 Å². The van der Waals surface area contributed by atoms with Crippen molar-refractivity contribution in [2.24, 2.45) is 0 Å². The summed E-state index contributed by atoms with van der Waals surface area (Å²) in [5, 5.41) is 12.1. The maximum atomic E-state index is 12.5. The maximum absolute atomic E-state index is 12.5. The maximum Gasteiger partial charge on any atom is 0.276 e. The molecule has 2 aromatic heterocycles. The zero-order chi connectivity index (χ0) is 21.8. The van der Waals surface area contributed by atoms with Crippen molar-refractivity contribution in [2.75, 3.05) is 5.32 Å². The van der Waals surface area contributed by atoms with Gasteiger partial charge in [-0.05, 0) is 60.9 Å². The molecule has 0 saturated heterocycles. The fourth-order valence-electron chi connectivity index (χ4n) is 3.24. The van der Waals surface area contributed by atoms with E-state index in [0.29, 0.717) is 22.9 Å². The molecule has 0 spiro atoms. The second-order valence-corrected chi connectivity index (χ2v) is 7.78. The molecule has 2 heterocycles. The molecule has 0 fully saturated rings. The van der Waals surface area contributed by atoms with Gasteiger partial charge in [-0.1, -0.05) is 29.8 Å². The van der Waals surface area contributed by atoms with Crippen molar-refractivity contribution in [3.8, 4) is 5.75 Å². The Hall–Kier alpha value is -3.58. The lowest BCUT2D eigenvalue weighted by Gasteiger charge is -2.08. The highest BCUT2D eigenvalue weighted by molar-refractivity contribution is 6.30. The number of anilines is 1. The lowest BCUT2D eigenvalue weighted by Crippen LogP contribution is -2.14. The van der Waals surface area contributed by atoms with Gasteiger partial charge in [0.2, 0.25) is 0 Å². The number of carbonyl (C=O) groups excluding carboxylic acids is 1. The van der Waals surface area contributed by atoms with Crippen LogP contribution in [0.4, 0.5) is 5.69 Å². The normalized spacial score (nSPS) is 10.8. The predicted octanol–water partition coefficient (Wildman–Crippen LogP) is 4.69. The summed E-state index contributed by atoms with van der Waals surface area (Å²) in [6.45, 7) is 4.81. The molecule has 1 N–H and O–H groups in total. The second-order valence-electron chi connectivity index (χ2n) is 7.35. The van der Waals surface area contributed by atoms with Gasteiger partial charge in [-0.25, -0.2) is 4.68 Å². The van der Waals surface area contributed by atoms with E-state index in [0.717, 1.165) is 22.4 Å². The molecule has 0 unspecified atom stereocenters. The van der Waals surface area contributed by atoms with Gasteiger partial charge in [0.1, 0.15) is 5.75 Å². The molecule has 0 aliphatic carbocycles. The highest BCUT2D eigenvalue weighted by Crippen LogP contribution is 2.17. The van der Waals surface area contributed by atoms with Crippen LogP contribution in [0.3, 0.4) is 0 Å². The van der Waals surface area contributed by atoms with Gasteiger partial charge in [0, 0.05) is 17.4 Å². The third kappa shape index (κ3) is 5.52. The van der Waals surface area contributed by atoms with Gasteiger partial charge in [0.15, 0.2) is 12.4 Å². The topological polar surface area (TPSA) is 74.0 Å². The molecule has 31 heavy (non-hydrogen) atoms. The van der Waals surface area contributed by atoms with Crippen LogP contribution in [0.2, 0.25) is 5.02 Å². The van der Waals surface area contributed by atoms with Crippen LogP contribution in [0, 0.1) is 13.8 Å². The molecule has 0 saturated carbocycles. The summed E-state index contributed by atoms with van der Waals surface area (Å²) in [5.74, 6) is 0.457. The molecule has 4 aromatic rings. The van der Waals surface area contributed by atoms with Crippen molar-refractivity contribution < 1.29 is 9.53 Å². The number of halogens is 1. The van der Waals surface area contributed by atoms with Gasteiger partial charge in [-0.3, -0.25) is 9.48 Å². The minimum Gasteiger partial charge on any atom is -0.471 e. The van der Waals surface area contributed by atoms with Crippen molar-refractivity contribution in [3.63, 3.8) is 0 Å². The number of ether oxygens (including phenoxy) is 1. The minimum atomic E-state index is -0.313. The average Bonchev–Trinajstić information content (AvgIpc) is 3.35. The number of hydrogen-bond donors (Lipinski definition) is 1. The Morgan fingerprint density at radius 1 is 1.10 bits per heavy atom. The molecule has 158 valence electrons. The molecular formula is C23H22ClN5O2. The van der Waals surface area contributed by atoms with Crippen LogP contribution in [-0.4, -0.2) is 25.5 Å². The monoisotopic (exact) mass is 435 g/mol. The highest BCUT2D eigenvalue weighted by Gasteiger charge is 2.11.